The van der Waals surface area contributed by atoms with Crippen LogP contribution in [0.4, 0.5) is 16.2 Å². The first-order chi connectivity index (χ1) is 35.1. The molecule has 3 amide bonds. The molecule has 7 rings (SSSR count). The number of benzene rings is 4. The Morgan fingerprint density at radius 3 is 2.24 bits per heavy atom. The highest BCUT2D eigenvalue weighted by Crippen LogP contribution is 2.57. The van der Waals surface area contributed by atoms with Gasteiger partial charge >= 0.3 is 13.9 Å². The van der Waals surface area contributed by atoms with E-state index in [1.54, 1.807) is 81.7 Å². The van der Waals surface area contributed by atoms with Gasteiger partial charge in [-0.05, 0) is 141 Å². The molecule has 4 aromatic carbocycles. The van der Waals surface area contributed by atoms with Crippen LogP contribution < -0.4 is 30.1 Å². The third-order valence-electron chi connectivity index (χ3n) is 13.4. The Hall–Kier alpha value is -5.06. The highest BCUT2D eigenvalue weighted by Gasteiger charge is 2.46. The third-order valence-corrected chi connectivity index (χ3v) is 15.7. The van der Waals surface area contributed by atoms with Crippen molar-refractivity contribution in [2.24, 2.45) is 5.73 Å². The number of rotatable bonds is 22. The molecule has 0 aliphatic carbocycles. The molecule has 74 heavy (non-hydrogen) atoms. The van der Waals surface area contributed by atoms with Gasteiger partial charge in [0.25, 0.3) is 5.91 Å². The van der Waals surface area contributed by atoms with Gasteiger partial charge < -0.3 is 40.0 Å². The predicted molar refractivity (Wildman–Crippen MR) is 288 cm³/mol. The van der Waals surface area contributed by atoms with E-state index in [9.17, 15) is 28.8 Å². The van der Waals surface area contributed by atoms with Crippen molar-refractivity contribution >= 4 is 65.3 Å². The first kappa shape index (κ1) is 56.7. The maximum Gasteiger partial charge on any atom is 0.531 e. The summed E-state index contributed by atoms with van der Waals surface area (Å²) < 4.78 is 44.6. The van der Waals surface area contributed by atoms with Gasteiger partial charge in [-0.2, -0.15) is 0 Å². The molecule has 0 spiro atoms. The number of nitrogens with zero attached hydrogens (tertiary/aromatic N) is 3. The largest absolute Gasteiger partial charge is 0.531 e. The molecular formula is C56H75ClN5O11P. The number of ketones is 1. The van der Waals surface area contributed by atoms with Gasteiger partial charge in [0.15, 0.2) is 12.0 Å². The number of hydrogen-bond acceptors (Lipinski definition) is 13. The second-order valence-electron chi connectivity index (χ2n) is 21.7. The van der Waals surface area contributed by atoms with E-state index in [0.717, 1.165) is 40.8 Å². The van der Waals surface area contributed by atoms with Crippen molar-refractivity contribution in [2.45, 2.75) is 155 Å². The van der Waals surface area contributed by atoms with Crippen molar-refractivity contribution in [3.05, 3.63) is 94.5 Å². The molecule has 18 heteroatoms. The lowest BCUT2D eigenvalue weighted by molar-refractivity contribution is -0.120. The van der Waals surface area contributed by atoms with E-state index in [4.69, 9.17) is 40.4 Å². The number of fused-ring (bicyclic) bond motifs is 5. The SMILES string of the molecule is CNCCCC[C@H](N)C(=O)Cc1ccc(COC(=O)N2c3cc(OCCCCCC(=O)N4C[C@@H](CCl)c5c4cc(OP(=O)(OC(C)(C)C)OC(C)(C)C)c4ccccc54)c(C)cc3C(=O)N3CCC[C@H]3C2O)cc1. The zero-order valence-electron chi connectivity index (χ0n) is 44.2. The minimum atomic E-state index is -4.19. The number of ether oxygens (including phenoxy) is 2. The van der Waals surface area contributed by atoms with Crippen LogP contribution in [0.2, 0.25) is 0 Å². The van der Waals surface area contributed by atoms with E-state index >= 15 is 0 Å². The fourth-order valence-electron chi connectivity index (χ4n) is 9.93. The molecule has 3 heterocycles. The number of nitrogens with one attached hydrogen (secondary N) is 1. The van der Waals surface area contributed by atoms with Crippen molar-refractivity contribution in [1.82, 2.24) is 10.2 Å². The van der Waals surface area contributed by atoms with E-state index in [-0.39, 0.29) is 72.5 Å². The monoisotopic (exact) mass is 1060 g/mol. The van der Waals surface area contributed by atoms with Crippen molar-refractivity contribution in [3.8, 4) is 11.5 Å². The Labute approximate surface area is 441 Å². The van der Waals surface area contributed by atoms with Crippen LogP contribution in [0.15, 0.2) is 66.7 Å². The molecule has 1 saturated heterocycles. The number of unbranched alkanes of at least 4 members (excludes halogenated alkanes) is 3. The number of hydrogen-bond donors (Lipinski definition) is 3. The quantitative estimate of drug-likeness (QED) is 0.0382. The molecule has 402 valence electrons. The zero-order chi connectivity index (χ0) is 53.5. The van der Waals surface area contributed by atoms with Crippen LogP contribution in [-0.4, -0.2) is 102 Å². The number of halogens is 1. The number of aliphatic hydroxyl groups is 1. The molecule has 3 aliphatic rings. The van der Waals surface area contributed by atoms with Crippen LogP contribution >= 0.6 is 19.4 Å². The minimum absolute atomic E-state index is 0.0303. The Bertz CT molecular complexity index is 2690. The number of phosphoric acid groups is 1. The number of phosphoric ester groups is 1. The number of carbonyl (C=O) groups excluding carboxylic acids is 4. The normalized spacial score (nSPS) is 18.2. The van der Waals surface area contributed by atoms with Crippen molar-refractivity contribution in [2.75, 3.05) is 49.0 Å². The fraction of sp³-hybridized carbons (Fsp3) is 0.536. The summed E-state index contributed by atoms with van der Waals surface area (Å²) in [5, 5.41) is 16.4. The number of amides is 3. The highest BCUT2D eigenvalue weighted by molar-refractivity contribution is 7.49. The van der Waals surface area contributed by atoms with Crippen LogP contribution in [0, 0.1) is 6.92 Å². The molecule has 1 unspecified atom stereocenters. The van der Waals surface area contributed by atoms with E-state index in [0.29, 0.717) is 79.6 Å². The summed E-state index contributed by atoms with van der Waals surface area (Å²) >= 11 is 6.57. The standard InChI is InChI=1S/C56H75ClN5O11P/c1-36-29-42-45(62(53(66)44-20-16-27-60(44)52(42)65)54(67)70-35-38-24-22-37(23-25-38)30-47(63)43(58)19-13-14-26-59-8)31-48(36)69-28-15-9-10-21-50(64)61-34-39(33-57)51-41-18-12-11-17-40(41)49(32-46(51)61)71-74(68,72-55(2,3)4)73-56(5,6)7/h11-12,17-18,22-25,29,31-32,39,43-44,53,59,66H,9-10,13-16,19-21,26-28,30,33-35,58H2,1-8H3/t39-,43+,44+,53?/m1/s1. The highest BCUT2D eigenvalue weighted by atomic mass is 35.5. The molecule has 16 nitrogen and oxygen atoms in total. The Kier molecular flexibility index (Phi) is 18.6. The van der Waals surface area contributed by atoms with Crippen LogP contribution in [0.5, 0.6) is 11.5 Å². The number of aryl methyl sites for hydroxylation is 1. The van der Waals surface area contributed by atoms with Gasteiger partial charge in [-0.25, -0.2) is 14.3 Å². The molecule has 0 aromatic heterocycles. The number of Topliss-reactive ketones (excluding diaryl/α,β-unsaturated/α-hetero) is 1. The van der Waals surface area contributed by atoms with Gasteiger partial charge in [-0.3, -0.25) is 23.4 Å². The van der Waals surface area contributed by atoms with Crippen LogP contribution in [0.1, 0.15) is 138 Å². The molecule has 4 aromatic rings. The van der Waals surface area contributed by atoms with Gasteiger partial charge in [0.1, 0.15) is 18.1 Å². The summed E-state index contributed by atoms with van der Waals surface area (Å²) in [5.74, 6) is 0.465. The van der Waals surface area contributed by atoms with Gasteiger partial charge in [0, 0.05) is 55.2 Å². The Morgan fingerprint density at radius 2 is 1.57 bits per heavy atom. The summed E-state index contributed by atoms with van der Waals surface area (Å²) in [7, 11) is -2.29. The number of aliphatic hydroxyl groups excluding tert-OH is 1. The van der Waals surface area contributed by atoms with Gasteiger partial charge in [-0.1, -0.05) is 55.0 Å². The van der Waals surface area contributed by atoms with Gasteiger partial charge in [0.05, 0.1) is 46.8 Å². The second-order valence-corrected chi connectivity index (χ2v) is 23.4. The zero-order valence-corrected chi connectivity index (χ0v) is 45.9. The first-order valence-electron chi connectivity index (χ1n) is 26.0. The molecule has 0 radical (unpaired) electrons. The maximum absolute atomic E-state index is 14.3. The summed E-state index contributed by atoms with van der Waals surface area (Å²) in [6.07, 6.45) is 3.74. The Morgan fingerprint density at radius 1 is 0.892 bits per heavy atom. The molecule has 3 aliphatic heterocycles. The van der Waals surface area contributed by atoms with Crippen molar-refractivity contribution < 1.29 is 51.9 Å². The minimum Gasteiger partial charge on any atom is -0.493 e. The lowest BCUT2D eigenvalue weighted by Crippen LogP contribution is -2.50. The lowest BCUT2D eigenvalue weighted by Gasteiger charge is -2.31. The predicted octanol–water partition coefficient (Wildman–Crippen LogP) is 10.5. The third kappa shape index (κ3) is 13.9. The molecule has 4 N–H and O–H groups in total. The van der Waals surface area contributed by atoms with Crippen molar-refractivity contribution in [1.29, 1.82) is 0 Å². The molecular weight excluding hydrogens is 985 g/mol. The average Bonchev–Trinajstić information content (AvgIpc) is 3.97. The van der Waals surface area contributed by atoms with Gasteiger partial charge in [0.2, 0.25) is 5.91 Å². The Balaban J connectivity index is 0.990. The van der Waals surface area contributed by atoms with Crippen LogP contribution in [0.25, 0.3) is 10.8 Å². The van der Waals surface area contributed by atoms with E-state index in [2.05, 4.69) is 5.32 Å². The smallest absolute Gasteiger partial charge is 0.493 e. The second kappa shape index (κ2) is 24.3. The van der Waals surface area contributed by atoms with E-state index in [1.165, 1.54) is 0 Å². The molecule has 4 atom stereocenters. The lowest BCUT2D eigenvalue weighted by atomic mass is 9.95. The fourth-order valence-corrected chi connectivity index (χ4v) is 12.0. The number of nitrogens with two attached hydrogens (primary N) is 1. The summed E-state index contributed by atoms with van der Waals surface area (Å²) in [5.41, 5.74) is 8.65. The average molecular weight is 1060 g/mol. The summed E-state index contributed by atoms with van der Waals surface area (Å²) in [6.45, 7) is 14.4. The number of anilines is 2. The van der Waals surface area contributed by atoms with E-state index in [1.807, 2.05) is 50.4 Å². The number of carbonyl (C=O) groups is 4. The van der Waals surface area contributed by atoms with E-state index < -0.39 is 43.4 Å². The first-order valence-corrected chi connectivity index (χ1v) is 28.0. The van der Waals surface area contributed by atoms with Crippen LogP contribution in [-0.2, 0) is 41.0 Å². The summed E-state index contributed by atoms with van der Waals surface area (Å²) in [6, 6.07) is 18.8. The molecule has 1 fully saturated rings. The van der Waals surface area contributed by atoms with Crippen molar-refractivity contribution in [3.63, 3.8) is 0 Å². The maximum atomic E-state index is 14.3. The van der Waals surface area contributed by atoms with Gasteiger partial charge in [-0.15, -0.1) is 11.6 Å². The number of alkyl halides is 1. The molecule has 0 bridgehead atoms. The molecule has 0 saturated carbocycles. The summed E-state index contributed by atoms with van der Waals surface area (Å²) in [4.78, 5) is 59.4. The van der Waals surface area contributed by atoms with Crippen LogP contribution in [0.3, 0.4) is 0 Å². The topological polar surface area (TPSA) is 199 Å².